The molecule has 1 saturated carbocycles. The van der Waals surface area contributed by atoms with Crippen LogP contribution in [0, 0.1) is 0 Å². The molecule has 1 aromatic carbocycles. The molecule has 0 bridgehead atoms. The Bertz CT molecular complexity index is 1290. The number of likely N-dealkylation sites (tertiary alicyclic amines) is 1. The maximum absolute atomic E-state index is 13.1. The molecule has 2 atom stereocenters. The van der Waals surface area contributed by atoms with Gasteiger partial charge in [0, 0.05) is 61.4 Å². The van der Waals surface area contributed by atoms with E-state index in [2.05, 4.69) is 36.2 Å². The second-order valence-electron chi connectivity index (χ2n) is 12.9. The van der Waals surface area contributed by atoms with Crippen LogP contribution in [0.25, 0.3) is 0 Å². The zero-order chi connectivity index (χ0) is 35.6. The first-order chi connectivity index (χ1) is 23.5. The molecule has 3 rings (SSSR count). The van der Waals surface area contributed by atoms with Crippen LogP contribution in [0.3, 0.4) is 0 Å². The summed E-state index contributed by atoms with van der Waals surface area (Å²) in [5.41, 5.74) is 22.3. The molecular formula is C33H54ClN11O4. The normalized spacial score (nSPS) is 17.7. The minimum Gasteiger partial charge on any atom is -0.370 e. The number of piperidine rings is 1. The highest BCUT2D eigenvalue weighted by molar-refractivity contribution is 6.39. The molecule has 1 aliphatic heterocycles. The van der Waals surface area contributed by atoms with Gasteiger partial charge in [0.25, 0.3) is 0 Å². The van der Waals surface area contributed by atoms with E-state index < -0.39 is 17.9 Å². The molecule has 0 aromatic heterocycles. The first kappa shape index (κ1) is 39.3. The highest BCUT2D eigenvalue weighted by Crippen LogP contribution is 2.40. The summed E-state index contributed by atoms with van der Waals surface area (Å²) in [6, 6.07) is 5.74. The van der Waals surface area contributed by atoms with Crippen molar-refractivity contribution in [2.75, 3.05) is 38.0 Å². The number of carbonyl (C=O) groups is 4. The molecule has 1 aromatic rings. The molecule has 12 N–H and O–H groups in total. The molecule has 2 aliphatic rings. The Labute approximate surface area is 293 Å². The maximum atomic E-state index is 13.1. The monoisotopic (exact) mass is 703 g/mol. The van der Waals surface area contributed by atoms with Crippen LogP contribution in [0.5, 0.6) is 0 Å². The second kappa shape index (κ2) is 20.4. The summed E-state index contributed by atoms with van der Waals surface area (Å²) in [5, 5.41) is 12.0. The molecule has 1 saturated heterocycles. The molecular weight excluding hydrogens is 650 g/mol. The van der Waals surface area contributed by atoms with Gasteiger partial charge in [-0.15, -0.1) is 0 Å². The zero-order valence-electron chi connectivity index (χ0n) is 28.4. The molecule has 16 heteroatoms. The van der Waals surface area contributed by atoms with E-state index in [1.165, 1.54) is 0 Å². The average molecular weight is 704 g/mol. The second-order valence-corrected chi connectivity index (χ2v) is 13.3. The molecule has 1 unspecified atom stereocenters. The number of unbranched alkanes of at least 4 members (excludes halogenated alkanes) is 2. The number of benzene rings is 1. The number of nitrogens with zero attached hydrogens (tertiary/aromatic N) is 3. The van der Waals surface area contributed by atoms with Gasteiger partial charge in [0.2, 0.25) is 11.8 Å². The number of amides is 4. The van der Waals surface area contributed by atoms with Gasteiger partial charge >= 0.3 is 11.8 Å². The topological polar surface area (TPSA) is 248 Å². The van der Waals surface area contributed by atoms with Crippen molar-refractivity contribution in [2.24, 2.45) is 32.9 Å². The third-order valence-electron chi connectivity index (χ3n) is 9.09. The van der Waals surface area contributed by atoms with Crippen LogP contribution >= 0.6 is 11.6 Å². The number of nitrogens with one attached hydrogen (secondary N) is 4. The standard InChI is InChI=1S/C33H54ClN11O4/c34-23-10-12-24(13-11-23)42-29(48)30(49)43-25-14-20-45(33(22-25)15-4-1-5-16-33)21-19-40-28(47)26(44-32(37)38)8-2-6-17-39-27(46)9-3-7-18-41-31(35)36/h10-13,25-26H,1-9,14-22H2,(H,39,46)(H,40,47)(H,42,48)(H,43,49)(H4,35,36,41)(H4,37,38,44)/t25?,26-/m0/s1. The summed E-state index contributed by atoms with van der Waals surface area (Å²) in [4.78, 5) is 61.0. The number of anilines is 1. The van der Waals surface area contributed by atoms with Gasteiger partial charge in [0.1, 0.15) is 6.04 Å². The summed E-state index contributed by atoms with van der Waals surface area (Å²) >= 11 is 5.91. The minimum absolute atomic E-state index is 0.0370. The Balaban J connectivity index is 1.43. The molecule has 49 heavy (non-hydrogen) atoms. The lowest BCUT2D eigenvalue weighted by atomic mass is 9.73. The van der Waals surface area contributed by atoms with E-state index in [0.29, 0.717) is 75.4 Å². The Kier molecular flexibility index (Phi) is 16.4. The van der Waals surface area contributed by atoms with Crippen LogP contribution in [0.15, 0.2) is 34.3 Å². The van der Waals surface area contributed by atoms with Gasteiger partial charge in [-0.1, -0.05) is 30.9 Å². The van der Waals surface area contributed by atoms with Gasteiger partial charge in [-0.3, -0.25) is 29.1 Å². The van der Waals surface area contributed by atoms with E-state index in [1.807, 2.05) is 0 Å². The first-order valence-corrected chi connectivity index (χ1v) is 17.7. The SMILES string of the molecule is NC(N)=NCCCCC(=O)NCCCC[C@H](N=C(N)N)C(=O)NCCN1CCC(NC(=O)C(=O)Nc2ccc(Cl)cc2)CC12CCCCC2. The van der Waals surface area contributed by atoms with Gasteiger partial charge in [0.05, 0.1) is 0 Å². The van der Waals surface area contributed by atoms with Crippen molar-refractivity contribution < 1.29 is 19.2 Å². The summed E-state index contributed by atoms with van der Waals surface area (Å²) < 4.78 is 0. The third kappa shape index (κ3) is 14.1. The number of hydrogen-bond acceptors (Lipinski definition) is 7. The largest absolute Gasteiger partial charge is 0.370 e. The molecule has 15 nitrogen and oxygen atoms in total. The number of rotatable bonds is 17. The molecule has 2 fully saturated rings. The highest BCUT2D eigenvalue weighted by atomic mass is 35.5. The quantitative estimate of drug-likeness (QED) is 0.0499. The Morgan fingerprint density at radius 3 is 2.33 bits per heavy atom. The molecule has 1 aliphatic carbocycles. The molecule has 272 valence electrons. The van der Waals surface area contributed by atoms with Crippen LogP contribution in [-0.4, -0.2) is 90.8 Å². The van der Waals surface area contributed by atoms with Crippen LogP contribution in [0.2, 0.25) is 5.02 Å². The molecule has 1 heterocycles. The van der Waals surface area contributed by atoms with Crippen molar-refractivity contribution in [1.29, 1.82) is 0 Å². The van der Waals surface area contributed by atoms with Crippen LogP contribution in [0.1, 0.15) is 83.5 Å². The maximum Gasteiger partial charge on any atom is 0.313 e. The van der Waals surface area contributed by atoms with E-state index in [-0.39, 0.29) is 35.3 Å². The van der Waals surface area contributed by atoms with Crippen molar-refractivity contribution in [2.45, 2.75) is 101 Å². The van der Waals surface area contributed by atoms with Crippen molar-refractivity contribution in [3.63, 3.8) is 0 Å². The zero-order valence-corrected chi connectivity index (χ0v) is 29.1. The predicted molar refractivity (Wildman–Crippen MR) is 193 cm³/mol. The average Bonchev–Trinajstić information content (AvgIpc) is 3.06. The van der Waals surface area contributed by atoms with E-state index in [0.717, 1.165) is 51.5 Å². The van der Waals surface area contributed by atoms with Gasteiger partial charge in [-0.05, 0) is 82.1 Å². The van der Waals surface area contributed by atoms with E-state index in [1.54, 1.807) is 24.3 Å². The lowest BCUT2D eigenvalue weighted by molar-refractivity contribution is -0.137. The molecule has 4 amide bonds. The van der Waals surface area contributed by atoms with Crippen LogP contribution in [-0.2, 0) is 19.2 Å². The van der Waals surface area contributed by atoms with Crippen molar-refractivity contribution in [3.8, 4) is 0 Å². The Hall–Kier alpha value is -4.11. The molecule has 0 radical (unpaired) electrons. The fraction of sp³-hybridized carbons (Fsp3) is 0.636. The minimum atomic E-state index is -0.722. The number of guanidine groups is 2. The van der Waals surface area contributed by atoms with E-state index in [4.69, 9.17) is 34.5 Å². The fourth-order valence-electron chi connectivity index (χ4n) is 6.66. The summed E-state index contributed by atoms with van der Waals surface area (Å²) in [6.07, 6.45) is 10.4. The smallest absolute Gasteiger partial charge is 0.313 e. The summed E-state index contributed by atoms with van der Waals surface area (Å²) in [5.74, 6) is -1.76. The highest BCUT2D eigenvalue weighted by Gasteiger charge is 2.43. The van der Waals surface area contributed by atoms with Gasteiger partial charge in [0.15, 0.2) is 11.9 Å². The fourth-order valence-corrected chi connectivity index (χ4v) is 6.79. The van der Waals surface area contributed by atoms with E-state index in [9.17, 15) is 19.2 Å². The third-order valence-corrected chi connectivity index (χ3v) is 9.35. The Morgan fingerprint density at radius 1 is 0.898 bits per heavy atom. The number of hydrogen-bond donors (Lipinski definition) is 8. The van der Waals surface area contributed by atoms with Gasteiger partial charge in [-0.25, -0.2) is 4.99 Å². The van der Waals surface area contributed by atoms with Crippen molar-refractivity contribution in [3.05, 3.63) is 29.3 Å². The number of carbonyl (C=O) groups excluding carboxylic acids is 4. The van der Waals surface area contributed by atoms with Crippen molar-refractivity contribution in [1.82, 2.24) is 20.9 Å². The number of halogens is 1. The van der Waals surface area contributed by atoms with E-state index >= 15 is 0 Å². The Morgan fingerprint density at radius 2 is 1.63 bits per heavy atom. The summed E-state index contributed by atoms with van der Waals surface area (Å²) in [6.45, 7) is 2.80. The predicted octanol–water partition coefficient (Wildman–Crippen LogP) is 1.05. The number of aliphatic imine (C=N–C) groups is 2. The van der Waals surface area contributed by atoms with Crippen molar-refractivity contribution >= 4 is 52.8 Å². The molecule has 1 spiro atoms. The first-order valence-electron chi connectivity index (χ1n) is 17.3. The number of nitrogens with two attached hydrogens (primary N) is 4. The van der Waals surface area contributed by atoms with Crippen LogP contribution < -0.4 is 44.2 Å². The lowest BCUT2D eigenvalue weighted by Gasteiger charge is -2.52. The lowest BCUT2D eigenvalue weighted by Crippen LogP contribution is -2.60. The summed E-state index contributed by atoms with van der Waals surface area (Å²) in [7, 11) is 0. The van der Waals surface area contributed by atoms with Crippen LogP contribution in [0.4, 0.5) is 5.69 Å². The van der Waals surface area contributed by atoms with Gasteiger partial charge < -0.3 is 44.2 Å². The van der Waals surface area contributed by atoms with Gasteiger partial charge in [-0.2, -0.15) is 0 Å².